The van der Waals surface area contributed by atoms with E-state index in [-0.39, 0.29) is 12.0 Å². The Kier molecular flexibility index (Phi) is 5.03. The number of nitrogens with two attached hydrogens (primary N) is 1. The molecule has 0 spiro atoms. The summed E-state index contributed by atoms with van der Waals surface area (Å²) in [5.74, 6) is 2.34. The third kappa shape index (κ3) is 3.90. The minimum Gasteiger partial charge on any atom is -0.376 e. The summed E-state index contributed by atoms with van der Waals surface area (Å²) in [5.41, 5.74) is 6.43. The van der Waals surface area contributed by atoms with Gasteiger partial charge in [-0.25, -0.2) is 4.98 Å². The van der Waals surface area contributed by atoms with E-state index < -0.39 is 0 Å². The van der Waals surface area contributed by atoms with Gasteiger partial charge in [-0.3, -0.25) is 4.79 Å². The van der Waals surface area contributed by atoms with E-state index in [1.54, 1.807) is 0 Å². The molecule has 5 nitrogen and oxygen atoms in total. The lowest BCUT2D eigenvalue weighted by Gasteiger charge is -2.30. The van der Waals surface area contributed by atoms with Gasteiger partial charge in [0.25, 0.3) is 0 Å². The second kappa shape index (κ2) is 6.98. The number of aromatic nitrogens is 1. The van der Waals surface area contributed by atoms with Gasteiger partial charge in [0, 0.05) is 30.3 Å². The lowest BCUT2D eigenvalue weighted by molar-refractivity contribution is -0.134. The van der Waals surface area contributed by atoms with Crippen molar-refractivity contribution in [2.24, 2.45) is 0 Å². The number of ether oxygens (including phenoxy) is 1. The van der Waals surface area contributed by atoms with Crippen LogP contribution in [0.25, 0.3) is 0 Å². The van der Waals surface area contributed by atoms with E-state index in [0.717, 1.165) is 49.6 Å². The van der Waals surface area contributed by atoms with Gasteiger partial charge >= 0.3 is 0 Å². The van der Waals surface area contributed by atoms with Crippen molar-refractivity contribution < 1.29 is 9.53 Å². The maximum Gasteiger partial charge on any atom is 0.228 e. The molecule has 0 aromatic carbocycles. The number of carbonyl (C=O) groups is 1. The second-order valence-electron chi connectivity index (χ2n) is 5.55. The Morgan fingerprint density at radius 2 is 2.43 bits per heavy atom. The van der Waals surface area contributed by atoms with Gasteiger partial charge in [0.1, 0.15) is 0 Å². The van der Waals surface area contributed by atoms with Crippen molar-refractivity contribution in [1.82, 2.24) is 9.88 Å². The molecular formula is C14H21N3O2S2. The predicted octanol–water partition coefficient (Wildman–Crippen LogP) is 1.78. The molecular weight excluding hydrogens is 306 g/mol. The molecule has 2 unspecified atom stereocenters. The molecule has 7 heteroatoms. The van der Waals surface area contributed by atoms with Crippen LogP contribution < -0.4 is 5.73 Å². The molecule has 116 valence electrons. The van der Waals surface area contributed by atoms with Crippen molar-refractivity contribution in [2.75, 3.05) is 30.4 Å². The van der Waals surface area contributed by atoms with E-state index in [0.29, 0.717) is 17.6 Å². The topological polar surface area (TPSA) is 68.5 Å². The van der Waals surface area contributed by atoms with Gasteiger partial charge in [-0.05, 0) is 25.0 Å². The fourth-order valence-corrected chi connectivity index (χ4v) is 4.68. The molecule has 0 saturated carbocycles. The van der Waals surface area contributed by atoms with E-state index in [9.17, 15) is 4.79 Å². The molecule has 3 heterocycles. The van der Waals surface area contributed by atoms with Gasteiger partial charge in [-0.1, -0.05) is 0 Å². The molecule has 0 aliphatic carbocycles. The van der Waals surface area contributed by atoms with E-state index >= 15 is 0 Å². The number of nitrogens with zero attached hydrogens (tertiary/aromatic N) is 2. The Morgan fingerprint density at radius 3 is 3.05 bits per heavy atom. The van der Waals surface area contributed by atoms with Crippen molar-refractivity contribution in [2.45, 2.75) is 37.8 Å². The summed E-state index contributed by atoms with van der Waals surface area (Å²) in [5, 5.41) is 2.40. The zero-order valence-electron chi connectivity index (χ0n) is 12.0. The summed E-state index contributed by atoms with van der Waals surface area (Å²) in [6, 6.07) is 0.350. The highest BCUT2D eigenvalue weighted by molar-refractivity contribution is 7.99. The Balaban J connectivity index is 1.65. The summed E-state index contributed by atoms with van der Waals surface area (Å²) in [6.45, 7) is 1.55. The van der Waals surface area contributed by atoms with Crippen LogP contribution in [0.15, 0.2) is 5.38 Å². The third-order valence-corrected chi connectivity index (χ3v) is 5.86. The SMILES string of the molecule is Nc1nc(CC(=O)N(CC2CCCO2)C2CCSC2)cs1. The van der Waals surface area contributed by atoms with Gasteiger partial charge in [-0.2, -0.15) is 11.8 Å². The fourth-order valence-electron chi connectivity index (χ4n) is 2.89. The molecule has 3 rings (SSSR count). The second-order valence-corrected chi connectivity index (χ2v) is 7.59. The number of nitrogen functional groups attached to an aromatic ring is 1. The average Bonchev–Trinajstić information content (AvgIpc) is 3.18. The van der Waals surface area contributed by atoms with Crippen LogP contribution in [0, 0.1) is 0 Å². The number of hydrogen-bond donors (Lipinski definition) is 1. The first-order chi connectivity index (χ1) is 10.2. The van der Waals surface area contributed by atoms with Crippen molar-refractivity contribution in [3.8, 4) is 0 Å². The Hall–Kier alpha value is -0.790. The van der Waals surface area contributed by atoms with Crippen LogP contribution in [-0.4, -0.2) is 52.6 Å². The van der Waals surface area contributed by atoms with Crippen LogP contribution in [0.4, 0.5) is 5.13 Å². The normalized spacial score (nSPS) is 25.3. The molecule has 21 heavy (non-hydrogen) atoms. The summed E-state index contributed by atoms with van der Waals surface area (Å²) in [7, 11) is 0. The number of rotatable bonds is 5. The smallest absolute Gasteiger partial charge is 0.228 e. The molecule has 2 aliphatic rings. The number of thiazole rings is 1. The first kappa shape index (κ1) is 15.1. The molecule has 2 aliphatic heterocycles. The van der Waals surface area contributed by atoms with E-state index in [4.69, 9.17) is 10.5 Å². The minimum atomic E-state index is 0.156. The lowest BCUT2D eigenvalue weighted by atomic mass is 10.1. The Bertz CT molecular complexity index is 482. The molecule has 0 bridgehead atoms. The van der Waals surface area contributed by atoms with E-state index in [2.05, 4.69) is 4.98 Å². The van der Waals surface area contributed by atoms with Crippen LogP contribution in [0.5, 0.6) is 0 Å². The Labute approximate surface area is 133 Å². The molecule has 1 aromatic rings. The summed E-state index contributed by atoms with van der Waals surface area (Å²) in [6.07, 6.45) is 3.81. The highest BCUT2D eigenvalue weighted by atomic mass is 32.2. The predicted molar refractivity (Wildman–Crippen MR) is 86.6 cm³/mol. The molecule has 2 atom stereocenters. The van der Waals surface area contributed by atoms with Gasteiger partial charge in [0.15, 0.2) is 5.13 Å². The largest absolute Gasteiger partial charge is 0.376 e. The highest BCUT2D eigenvalue weighted by Crippen LogP contribution is 2.25. The zero-order chi connectivity index (χ0) is 14.7. The van der Waals surface area contributed by atoms with Crippen molar-refractivity contribution in [3.63, 3.8) is 0 Å². The molecule has 1 aromatic heterocycles. The van der Waals surface area contributed by atoms with E-state index in [1.807, 2.05) is 22.0 Å². The zero-order valence-corrected chi connectivity index (χ0v) is 13.6. The van der Waals surface area contributed by atoms with Crippen LogP contribution in [-0.2, 0) is 16.0 Å². The number of carbonyl (C=O) groups excluding carboxylic acids is 1. The number of thioether (sulfide) groups is 1. The molecule has 2 N–H and O–H groups in total. The summed E-state index contributed by atoms with van der Waals surface area (Å²) in [4.78, 5) is 18.9. The molecule has 2 saturated heterocycles. The maximum absolute atomic E-state index is 12.7. The molecule has 2 fully saturated rings. The van der Waals surface area contributed by atoms with Crippen LogP contribution in [0.2, 0.25) is 0 Å². The van der Waals surface area contributed by atoms with Crippen molar-refractivity contribution in [3.05, 3.63) is 11.1 Å². The average molecular weight is 327 g/mol. The first-order valence-corrected chi connectivity index (χ1v) is 9.44. The number of anilines is 1. The number of amides is 1. The van der Waals surface area contributed by atoms with Crippen molar-refractivity contribution >= 4 is 34.1 Å². The van der Waals surface area contributed by atoms with Gasteiger partial charge in [0.2, 0.25) is 5.91 Å². The highest BCUT2D eigenvalue weighted by Gasteiger charge is 2.30. The van der Waals surface area contributed by atoms with Gasteiger partial charge in [-0.15, -0.1) is 11.3 Å². The maximum atomic E-state index is 12.7. The van der Waals surface area contributed by atoms with Crippen LogP contribution in [0.1, 0.15) is 25.0 Å². The Morgan fingerprint density at radius 1 is 1.52 bits per heavy atom. The standard InChI is InChI=1S/C14H21N3O2S2/c15-14-16-10(8-21-14)6-13(18)17(11-3-5-20-9-11)7-12-2-1-4-19-12/h8,11-12H,1-7,9H2,(H2,15,16). The monoisotopic (exact) mass is 327 g/mol. The fraction of sp³-hybridized carbons (Fsp3) is 0.714. The summed E-state index contributed by atoms with van der Waals surface area (Å²) < 4.78 is 5.71. The molecule has 0 radical (unpaired) electrons. The van der Waals surface area contributed by atoms with E-state index in [1.165, 1.54) is 11.3 Å². The van der Waals surface area contributed by atoms with Crippen LogP contribution in [0.3, 0.4) is 0 Å². The third-order valence-electron chi connectivity index (χ3n) is 3.99. The van der Waals surface area contributed by atoms with Gasteiger partial charge in [0.05, 0.1) is 18.2 Å². The lowest BCUT2D eigenvalue weighted by Crippen LogP contribution is -2.45. The van der Waals surface area contributed by atoms with Crippen LogP contribution >= 0.6 is 23.1 Å². The first-order valence-electron chi connectivity index (χ1n) is 7.41. The summed E-state index contributed by atoms with van der Waals surface area (Å²) >= 11 is 3.32. The number of hydrogen-bond acceptors (Lipinski definition) is 6. The molecule has 1 amide bonds. The minimum absolute atomic E-state index is 0.156. The van der Waals surface area contributed by atoms with Gasteiger partial charge < -0.3 is 15.4 Å². The van der Waals surface area contributed by atoms with Crippen molar-refractivity contribution in [1.29, 1.82) is 0 Å². The quantitative estimate of drug-likeness (QED) is 0.893.